The van der Waals surface area contributed by atoms with Gasteiger partial charge in [-0.05, 0) is 7.43 Å². The third-order valence-corrected chi connectivity index (χ3v) is 0. The lowest BCUT2D eigenvalue weighted by Crippen LogP contribution is -1.78. The van der Waals surface area contributed by atoms with Crippen molar-refractivity contribution in [3.05, 3.63) is 7.43 Å². The van der Waals surface area contributed by atoms with Gasteiger partial charge >= 0.3 is 0 Å². The van der Waals surface area contributed by atoms with Crippen LogP contribution in [0.5, 0.6) is 0 Å². The lowest BCUT2D eigenvalue weighted by atomic mass is 10.9. The van der Waals surface area contributed by atoms with E-state index in [1.165, 1.54) is 0 Å². The van der Waals surface area contributed by atoms with Gasteiger partial charge in [-0.2, -0.15) is 9.90 Å². The minimum atomic E-state index is -0.833. The maximum absolute atomic E-state index is 9.00. The van der Waals surface area contributed by atoms with E-state index < -0.39 is 5.97 Å². The molecule has 0 aliphatic heterocycles. The molecule has 0 amide bonds. The minimum Gasteiger partial charge on any atom is -0.481 e. The van der Waals surface area contributed by atoms with E-state index in [9.17, 15) is 0 Å². The van der Waals surface area contributed by atoms with Gasteiger partial charge in [0.15, 0.2) is 0 Å². The summed E-state index contributed by atoms with van der Waals surface area (Å²) < 4.78 is 0. The van der Waals surface area contributed by atoms with Crippen molar-refractivity contribution in [2.75, 3.05) is 0 Å². The Bertz CT molecular complexity index is 31.8. The Labute approximate surface area is 41.2 Å². The minimum absolute atomic E-state index is 0. The highest BCUT2D eigenvalue weighted by Crippen LogP contribution is 1.42. The number of hydrogen-bond acceptors (Lipinski definition) is 1. The first-order chi connectivity index (χ1) is 1.73. The highest BCUT2D eigenvalue weighted by atomic mass is 31.0. The lowest BCUT2D eigenvalue weighted by Gasteiger charge is -1.59. The van der Waals surface area contributed by atoms with Gasteiger partial charge in [0.05, 0.1) is 0 Å². The summed E-state index contributed by atoms with van der Waals surface area (Å²) in [5, 5.41) is 7.42. The molecule has 0 aliphatic carbocycles. The van der Waals surface area contributed by atoms with Crippen LogP contribution in [0.1, 0.15) is 6.92 Å². The molecule has 0 bridgehead atoms. The van der Waals surface area contributed by atoms with Crippen LogP contribution in [0.3, 0.4) is 0 Å². The summed E-state index contributed by atoms with van der Waals surface area (Å²) in [6.45, 7) is 1.08. The van der Waals surface area contributed by atoms with Crippen LogP contribution in [0.2, 0.25) is 0 Å². The topological polar surface area (TPSA) is 37.3 Å². The normalized spacial score (nSPS) is 4.17. The van der Waals surface area contributed by atoms with E-state index in [0.29, 0.717) is 0 Å². The Hall–Kier alpha value is -0.100. The molecular formula is C3H8O2P. The summed E-state index contributed by atoms with van der Waals surface area (Å²) in [6, 6.07) is 0. The Morgan fingerprint density at radius 1 is 1.67 bits per heavy atom. The molecule has 6 heavy (non-hydrogen) atoms. The molecule has 37 valence electrons. The molecule has 0 fully saturated rings. The predicted octanol–water partition coefficient (Wildman–Crippen LogP) is 0.353. The molecule has 0 aromatic carbocycles. The van der Waals surface area contributed by atoms with Crippen LogP contribution in [0.15, 0.2) is 0 Å². The number of rotatable bonds is 0. The van der Waals surface area contributed by atoms with Gasteiger partial charge in [-0.15, -0.1) is 0 Å². The molecule has 1 unspecified atom stereocenters. The molecule has 2 nitrogen and oxygen atoms in total. The van der Waals surface area contributed by atoms with E-state index in [1.54, 1.807) is 0 Å². The Morgan fingerprint density at radius 3 is 1.67 bits per heavy atom. The van der Waals surface area contributed by atoms with Crippen molar-refractivity contribution in [1.82, 2.24) is 0 Å². The van der Waals surface area contributed by atoms with E-state index in [-0.39, 0.29) is 17.3 Å². The summed E-state index contributed by atoms with van der Waals surface area (Å²) in [5.74, 6) is -0.833. The van der Waals surface area contributed by atoms with E-state index in [0.717, 1.165) is 6.92 Å². The molecule has 0 aromatic heterocycles. The molecular weight excluding hydrogens is 99.0 g/mol. The van der Waals surface area contributed by atoms with Gasteiger partial charge in [0.1, 0.15) is 0 Å². The Balaban J connectivity index is -0.0000000450. The van der Waals surface area contributed by atoms with Crippen molar-refractivity contribution in [2.45, 2.75) is 6.92 Å². The van der Waals surface area contributed by atoms with Crippen LogP contribution in [0, 0.1) is 7.43 Å². The largest absolute Gasteiger partial charge is 0.481 e. The molecule has 0 saturated carbocycles. The first-order valence-electron chi connectivity index (χ1n) is 0.928. The average Bonchev–Trinajstić information content (AvgIpc) is 0.811. The third kappa shape index (κ3) is 3280. The van der Waals surface area contributed by atoms with Crippen LogP contribution in [-0.2, 0) is 4.79 Å². The van der Waals surface area contributed by atoms with Crippen molar-refractivity contribution < 1.29 is 9.90 Å². The zero-order valence-electron chi connectivity index (χ0n) is 3.64. The third-order valence-electron chi connectivity index (χ3n) is 0. The summed E-state index contributed by atoms with van der Waals surface area (Å²) in [4.78, 5) is 9.00. The fourth-order valence-electron chi connectivity index (χ4n) is 0. The molecule has 0 aromatic rings. The number of hydrogen-bond donors (Lipinski definition) is 1. The van der Waals surface area contributed by atoms with Crippen LogP contribution in [-0.4, -0.2) is 11.1 Å². The fourth-order valence-corrected chi connectivity index (χ4v) is 0. The first-order valence-corrected chi connectivity index (χ1v) is 0.928. The van der Waals surface area contributed by atoms with Gasteiger partial charge in [0.2, 0.25) is 0 Å². The van der Waals surface area contributed by atoms with Crippen LogP contribution in [0.25, 0.3) is 0 Å². The van der Waals surface area contributed by atoms with E-state index >= 15 is 0 Å². The Kier molecular flexibility index (Phi) is 24.9. The van der Waals surface area contributed by atoms with Crippen molar-refractivity contribution in [3.63, 3.8) is 0 Å². The van der Waals surface area contributed by atoms with Crippen molar-refractivity contribution >= 4 is 15.9 Å². The second kappa shape index (κ2) is 8.86. The zero-order chi connectivity index (χ0) is 3.58. The maximum Gasteiger partial charge on any atom is 0.300 e. The van der Waals surface area contributed by atoms with E-state index in [1.807, 2.05) is 0 Å². The van der Waals surface area contributed by atoms with Gasteiger partial charge in [0.25, 0.3) is 5.97 Å². The van der Waals surface area contributed by atoms with Crippen LogP contribution < -0.4 is 0 Å². The molecule has 1 atom stereocenters. The van der Waals surface area contributed by atoms with Crippen LogP contribution >= 0.6 is 9.90 Å². The number of carboxylic acid groups (broad SMARTS) is 1. The van der Waals surface area contributed by atoms with E-state index in [4.69, 9.17) is 9.90 Å². The quantitative estimate of drug-likeness (QED) is 0.453. The second-order valence-electron chi connectivity index (χ2n) is 0.519. The molecule has 0 heterocycles. The summed E-state index contributed by atoms with van der Waals surface area (Å²) in [7, 11) is 0. The van der Waals surface area contributed by atoms with Gasteiger partial charge in [-0.1, -0.05) is 0 Å². The van der Waals surface area contributed by atoms with Crippen molar-refractivity contribution in [1.29, 1.82) is 0 Å². The Morgan fingerprint density at radius 2 is 1.67 bits per heavy atom. The van der Waals surface area contributed by atoms with Gasteiger partial charge in [-0.3, -0.25) is 4.79 Å². The van der Waals surface area contributed by atoms with Crippen LogP contribution in [0.4, 0.5) is 0 Å². The summed E-state index contributed by atoms with van der Waals surface area (Å²) >= 11 is 0. The average molecular weight is 107 g/mol. The maximum atomic E-state index is 9.00. The molecule has 3 heteroatoms. The summed E-state index contributed by atoms with van der Waals surface area (Å²) in [5.41, 5.74) is 0. The first kappa shape index (κ1) is 16.8. The number of carboxylic acids is 1. The highest BCUT2D eigenvalue weighted by Gasteiger charge is 1.65. The van der Waals surface area contributed by atoms with Gasteiger partial charge in [-0.25, -0.2) is 0 Å². The van der Waals surface area contributed by atoms with Gasteiger partial charge in [0, 0.05) is 6.92 Å². The van der Waals surface area contributed by atoms with E-state index in [2.05, 4.69) is 0 Å². The monoisotopic (exact) mass is 107 g/mol. The lowest BCUT2D eigenvalue weighted by molar-refractivity contribution is -0.134. The predicted molar refractivity (Wildman–Crippen MR) is 28.7 cm³/mol. The molecule has 0 aliphatic rings. The second-order valence-corrected chi connectivity index (χ2v) is 0.519. The smallest absolute Gasteiger partial charge is 0.300 e. The zero-order valence-corrected chi connectivity index (χ0v) is 5.05. The number of aliphatic carboxylic acids is 1. The number of carbonyl (C=O) groups is 1. The molecule has 3 radical (unpaired) electrons. The SMILES string of the molecule is CC(=O)O.P.[CH]. The van der Waals surface area contributed by atoms with Crippen molar-refractivity contribution in [2.24, 2.45) is 0 Å². The molecule has 0 spiro atoms. The standard InChI is InChI=1S/C2H4O2.CH.H3P/c1-2(3)4;;/h1H3,(H,3,4);1H;1H3. The molecule has 1 N–H and O–H groups in total. The fraction of sp³-hybridized carbons (Fsp3) is 0.333. The molecule has 0 saturated heterocycles. The summed E-state index contributed by atoms with van der Waals surface area (Å²) in [6.07, 6.45) is 0. The van der Waals surface area contributed by atoms with Crippen molar-refractivity contribution in [3.8, 4) is 0 Å². The molecule has 0 rings (SSSR count). The highest BCUT2D eigenvalue weighted by molar-refractivity contribution is 6.92. The van der Waals surface area contributed by atoms with Gasteiger partial charge < -0.3 is 5.11 Å².